The van der Waals surface area contributed by atoms with E-state index in [1.54, 1.807) is 24.0 Å². The third-order valence-electron chi connectivity index (χ3n) is 2.94. The molecular formula is C14H20ClIN6. The van der Waals surface area contributed by atoms with Crippen LogP contribution in [0.2, 0.25) is 5.15 Å². The van der Waals surface area contributed by atoms with Crippen LogP contribution in [0.5, 0.6) is 0 Å². The number of nitrogens with zero attached hydrogens (tertiary/aromatic N) is 4. The highest BCUT2D eigenvalue weighted by Gasteiger charge is 2.00. The molecule has 0 aliphatic rings. The second-order valence-corrected chi connectivity index (χ2v) is 5.00. The predicted molar refractivity (Wildman–Crippen MR) is 99.8 cm³/mol. The first-order valence-corrected chi connectivity index (χ1v) is 7.07. The summed E-state index contributed by atoms with van der Waals surface area (Å²) in [6, 6.07) is 3.77. The number of halogens is 2. The Kier molecular flexibility index (Phi) is 8.18. The first-order chi connectivity index (χ1) is 10.2. The Morgan fingerprint density at radius 2 is 2.09 bits per heavy atom. The van der Waals surface area contributed by atoms with E-state index in [1.807, 2.05) is 25.5 Å². The average Bonchev–Trinajstić information content (AvgIpc) is 2.90. The summed E-state index contributed by atoms with van der Waals surface area (Å²) < 4.78 is 1.78. The zero-order valence-corrected chi connectivity index (χ0v) is 15.7. The van der Waals surface area contributed by atoms with Crippen molar-refractivity contribution in [3.8, 4) is 0 Å². The van der Waals surface area contributed by atoms with Crippen molar-refractivity contribution >= 4 is 41.5 Å². The highest BCUT2D eigenvalue weighted by atomic mass is 127. The summed E-state index contributed by atoms with van der Waals surface area (Å²) in [5.74, 6) is 0.765. The maximum Gasteiger partial charge on any atom is 0.191 e. The molecule has 2 N–H and O–H groups in total. The van der Waals surface area contributed by atoms with Crippen LogP contribution in [0.3, 0.4) is 0 Å². The van der Waals surface area contributed by atoms with Crippen molar-refractivity contribution in [1.82, 2.24) is 25.4 Å². The molecule has 6 nitrogen and oxygen atoms in total. The van der Waals surface area contributed by atoms with Crippen LogP contribution in [-0.4, -0.2) is 34.3 Å². The first-order valence-electron chi connectivity index (χ1n) is 6.70. The zero-order valence-electron chi connectivity index (χ0n) is 12.6. The molecule has 8 heteroatoms. The van der Waals surface area contributed by atoms with E-state index in [-0.39, 0.29) is 24.0 Å². The van der Waals surface area contributed by atoms with E-state index in [0.717, 1.165) is 30.1 Å². The Morgan fingerprint density at radius 1 is 1.27 bits per heavy atom. The van der Waals surface area contributed by atoms with Crippen LogP contribution in [0.25, 0.3) is 0 Å². The molecule has 0 aliphatic heterocycles. The quantitative estimate of drug-likeness (QED) is 0.327. The number of aliphatic imine (C=N–C) groups is 1. The Labute approximate surface area is 152 Å². The van der Waals surface area contributed by atoms with E-state index in [9.17, 15) is 0 Å². The monoisotopic (exact) mass is 434 g/mol. The summed E-state index contributed by atoms with van der Waals surface area (Å²) >= 11 is 5.76. The molecule has 2 aromatic rings. The van der Waals surface area contributed by atoms with Crippen LogP contribution in [0.15, 0.2) is 35.7 Å². The van der Waals surface area contributed by atoms with Crippen molar-refractivity contribution in [2.45, 2.75) is 13.0 Å². The summed E-state index contributed by atoms with van der Waals surface area (Å²) in [4.78, 5) is 8.24. The lowest BCUT2D eigenvalue weighted by Gasteiger charge is -2.11. The van der Waals surface area contributed by atoms with E-state index >= 15 is 0 Å². The van der Waals surface area contributed by atoms with Gasteiger partial charge in [0.15, 0.2) is 5.96 Å². The summed E-state index contributed by atoms with van der Waals surface area (Å²) in [5, 5.41) is 11.1. The van der Waals surface area contributed by atoms with Gasteiger partial charge in [-0.2, -0.15) is 5.10 Å². The standard InChI is InChI=1S/C14H19ClN6.HI/c1-16-14(19-8-12-9-20-21(2)10-12)17-6-5-11-3-4-13(15)18-7-11;/h3-4,7,9-10H,5-6,8H2,1-2H3,(H2,16,17,19);1H. The van der Waals surface area contributed by atoms with Crippen LogP contribution >= 0.6 is 35.6 Å². The minimum Gasteiger partial charge on any atom is -0.356 e. The molecule has 0 radical (unpaired) electrons. The predicted octanol–water partition coefficient (Wildman–Crippen LogP) is 1.99. The second kappa shape index (κ2) is 9.62. The number of nitrogens with one attached hydrogen (secondary N) is 2. The molecule has 2 rings (SSSR count). The molecule has 2 aromatic heterocycles. The van der Waals surface area contributed by atoms with Gasteiger partial charge in [-0.05, 0) is 18.1 Å². The minimum atomic E-state index is 0. The smallest absolute Gasteiger partial charge is 0.191 e. The van der Waals surface area contributed by atoms with Gasteiger partial charge in [-0.15, -0.1) is 24.0 Å². The SMILES string of the molecule is CN=C(NCCc1ccc(Cl)nc1)NCc1cnn(C)c1.I. The van der Waals surface area contributed by atoms with Crippen molar-refractivity contribution in [2.24, 2.45) is 12.0 Å². The molecule has 2 heterocycles. The lowest BCUT2D eigenvalue weighted by atomic mass is 10.2. The number of aryl methyl sites for hydroxylation is 1. The molecule has 0 aromatic carbocycles. The van der Waals surface area contributed by atoms with Gasteiger partial charge < -0.3 is 10.6 Å². The van der Waals surface area contributed by atoms with E-state index in [0.29, 0.717) is 11.7 Å². The maximum absolute atomic E-state index is 5.76. The molecule has 0 saturated heterocycles. The van der Waals surface area contributed by atoms with Gasteiger partial charge in [0.25, 0.3) is 0 Å². The molecule has 0 atom stereocenters. The third kappa shape index (κ3) is 6.18. The Hall–Kier alpha value is -1.35. The van der Waals surface area contributed by atoms with Crippen LogP contribution in [-0.2, 0) is 20.0 Å². The molecule has 0 bridgehead atoms. The normalized spacial score (nSPS) is 11.0. The molecule has 120 valence electrons. The van der Waals surface area contributed by atoms with E-state index in [2.05, 4.69) is 25.7 Å². The average molecular weight is 435 g/mol. The molecule has 0 spiro atoms. The number of hydrogen-bond acceptors (Lipinski definition) is 3. The lowest BCUT2D eigenvalue weighted by molar-refractivity contribution is 0.764. The fraction of sp³-hybridized carbons (Fsp3) is 0.357. The summed E-state index contributed by atoms with van der Waals surface area (Å²) in [6.45, 7) is 1.46. The van der Waals surface area contributed by atoms with Crippen LogP contribution in [0.1, 0.15) is 11.1 Å². The highest BCUT2D eigenvalue weighted by molar-refractivity contribution is 14.0. The van der Waals surface area contributed by atoms with Crippen molar-refractivity contribution in [2.75, 3.05) is 13.6 Å². The van der Waals surface area contributed by atoms with Crippen molar-refractivity contribution in [3.05, 3.63) is 47.0 Å². The van der Waals surface area contributed by atoms with Gasteiger partial charge in [0.2, 0.25) is 0 Å². The molecule has 0 saturated carbocycles. The van der Waals surface area contributed by atoms with Crippen LogP contribution in [0.4, 0.5) is 0 Å². The number of pyridine rings is 1. The Bertz CT molecular complexity index is 596. The van der Waals surface area contributed by atoms with E-state index in [1.165, 1.54) is 0 Å². The Balaban J connectivity index is 0.00000242. The number of guanidine groups is 1. The third-order valence-corrected chi connectivity index (χ3v) is 3.16. The summed E-state index contributed by atoms with van der Waals surface area (Å²) in [6.07, 6.45) is 6.45. The highest BCUT2D eigenvalue weighted by Crippen LogP contribution is 2.05. The topological polar surface area (TPSA) is 67.1 Å². The van der Waals surface area contributed by atoms with Gasteiger partial charge >= 0.3 is 0 Å². The van der Waals surface area contributed by atoms with E-state index < -0.39 is 0 Å². The maximum atomic E-state index is 5.76. The molecule has 0 unspecified atom stereocenters. The first kappa shape index (κ1) is 18.7. The summed E-state index contributed by atoms with van der Waals surface area (Å²) in [7, 11) is 3.65. The summed E-state index contributed by atoms with van der Waals surface area (Å²) in [5.41, 5.74) is 2.25. The lowest BCUT2D eigenvalue weighted by Crippen LogP contribution is -2.37. The minimum absolute atomic E-state index is 0. The van der Waals surface area contributed by atoms with Crippen molar-refractivity contribution in [3.63, 3.8) is 0 Å². The Morgan fingerprint density at radius 3 is 2.68 bits per heavy atom. The number of hydrogen-bond donors (Lipinski definition) is 2. The fourth-order valence-corrected chi connectivity index (χ4v) is 1.96. The number of rotatable bonds is 5. The second-order valence-electron chi connectivity index (χ2n) is 4.61. The van der Waals surface area contributed by atoms with Crippen LogP contribution in [0, 0.1) is 0 Å². The van der Waals surface area contributed by atoms with Gasteiger partial charge in [0.1, 0.15) is 5.15 Å². The number of aromatic nitrogens is 3. The van der Waals surface area contributed by atoms with Gasteiger partial charge in [-0.25, -0.2) is 4.98 Å². The molecule has 0 amide bonds. The fourth-order valence-electron chi connectivity index (χ4n) is 1.85. The molecular weight excluding hydrogens is 415 g/mol. The molecule has 0 aliphatic carbocycles. The van der Waals surface area contributed by atoms with Gasteiger partial charge in [0, 0.05) is 45.1 Å². The largest absolute Gasteiger partial charge is 0.356 e. The van der Waals surface area contributed by atoms with Crippen molar-refractivity contribution in [1.29, 1.82) is 0 Å². The molecule has 0 fully saturated rings. The zero-order chi connectivity index (χ0) is 15.1. The van der Waals surface area contributed by atoms with Gasteiger partial charge in [-0.1, -0.05) is 17.7 Å². The van der Waals surface area contributed by atoms with Gasteiger partial charge in [-0.3, -0.25) is 9.67 Å². The van der Waals surface area contributed by atoms with Crippen LogP contribution < -0.4 is 10.6 Å². The van der Waals surface area contributed by atoms with Crippen molar-refractivity contribution < 1.29 is 0 Å². The van der Waals surface area contributed by atoms with E-state index in [4.69, 9.17) is 11.6 Å². The molecule has 22 heavy (non-hydrogen) atoms. The van der Waals surface area contributed by atoms with Gasteiger partial charge in [0.05, 0.1) is 6.20 Å².